The van der Waals surface area contributed by atoms with Gasteiger partial charge in [0, 0.05) is 44.7 Å². The number of nitrogens with zero attached hydrogens (tertiary/aromatic N) is 6. The number of hydrogen-bond donors (Lipinski definition) is 2. The molecule has 0 unspecified atom stereocenters. The molecular formula is C33H42Cl2N8O. The summed E-state index contributed by atoms with van der Waals surface area (Å²) in [5.74, 6) is 3.39. The van der Waals surface area contributed by atoms with Gasteiger partial charge in [-0.1, -0.05) is 42.3 Å². The van der Waals surface area contributed by atoms with Gasteiger partial charge in [-0.25, -0.2) is 0 Å². The van der Waals surface area contributed by atoms with E-state index in [4.69, 9.17) is 28.9 Å². The summed E-state index contributed by atoms with van der Waals surface area (Å²) >= 11 is 13.0. The Morgan fingerprint density at radius 2 is 1.30 bits per heavy atom. The summed E-state index contributed by atoms with van der Waals surface area (Å²) in [6, 6.07) is 8.28. The average molecular weight is 638 g/mol. The van der Waals surface area contributed by atoms with Gasteiger partial charge in [0.1, 0.15) is 11.6 Å². The van der Waals surface area contributed by atoms with Crippen molar-refractivity contribution in [3.05, 3.63) is 67.7 Å². The van der Waals surface area contributed by atoms with Crippen LogP contribution in [0, 0.1) is 27.7 Å². The van der Waals surface area contributed by atoms with Crippen LogP contribution in [0.2, 0.25) is 10.0 Å². The lowest BCUT2D eigenvalue weighted by Gasteiger charge is -2.30. The minimum atomic E-state index is 0.00229. The molecule has 9 nitrogen and oxygen atoms in total. The van der Waals surface area contributed by atoms with Crippen molar-refractivity contribution < 1.29 is 4.79 Å². The maximum absolute atomic E-state index is 11.8. The largest absolute Gasteiger partial charge is 0.384 e. The third-order valence-electron chi connectivity index (χ3n) is 8.34. The van der Waals surface area contributed by atoms with E-state index in [9.17, 15) is 4.79 Å². The Hall–Kier alpha value is -3.69. The quantitative estimate of drug-likeness (QED) is 0.241. The van der Waals surface area contributed by atoms with Gasteiger partial charge in [-0.3, -0.25) is 14.2 Å². The molecule has 0 radical (unpaired) electrons. The smallest absolute Gasteiger partial charge is 0.225 e. The maximum atomic E-state index is 11.8. The van der Waals surface area contributed by atoms with Crippen LogP contribution in [-0.2, 0) is 31.7 Å². The number of halogens is 2. The Morgan fingerprint density at radius 1 is 0.818 bits per heavy atom. The normalized spacial score (nSPS) is 14.1. The van der Waals surface area contributed by atoms with Crippen molar-refractivity contribution >= 4 is 63.8 Å². The molecule has 6 rings (SSSR count). The fraction of sp³-hybridized carbons (Fsp3) is 0.424. The molecule has 4 heterocycles. The molecule has 4 aromatic rings. The van der Waals surface area contributed by atoms with Crippen LogP contribution < -0.4 is 20.9 Å². The summed E-state index contributed by atoms with van der Waals surface area (Å²) < 4.78 is 3.51. The summed E-state index contributed by atoms with van der Waals surface area (Å²) in [6.45, 7) is 11.9. The Bertz CT molecular complexity index is 1680. The molecule has 0 atom stereocenters. The molecule has 0 bridgehead atoms. The molecule has 234 valence electrons. The Kier molecular flexibility index (Phi) is 9.18. The second kappa shape index (κ2) is 12.7. The molecule has 2 aromatic heterocycles. The van der Waals surface area contributed by atoms with Crippen molar-refractivity contribution in [2.75, 3.05) is 33.9 Å². The fourth-order valence-corrected chi connectivity index (χ4v) is 7.22. The van der Waals surface area contributed by atoms with Crippen molar-refractivity contribution in [1.29, 1.82) is 0 Å². The van der Waals surface area contributed by atoms with E-state index >= 15 is 0 Å². The van der Waals surface area contributed by atoms with E-state index in [0.29, 0.717) is 6.42 Å². The second-order valence-corrected chi connectivity index (χ2v) is 12.6. The van der Waals surface area contributed by atoms with Crippen LogP contribution in [0.1, 0.15) is 59.6 Å². The minimum absolute atomic E-state index is 0.00229. The number of rotatable bonds is 4. The molecule has 0 spiro atoms. The number of amides is 1. The molecule has 3 N–H and O–H groups in total. The van der Waals surface area contributed by atoms with E-state index in [0.717, 1.165) is 106 Å². The third kappa shape index (κ3) is 6.00. The number of nitrogen functional groups attached to an aromatic ring is 1. The van der Waals surface area contributed by atoms with Gasteiger partial charge in [0.05, 0.1) is 21.4 Å². The molecule has 0 fully saturated rings. The monoisotopic (exact) mass is 636 g/mol. The van der Waals surface area contributed by atoms with Gasteiger partial charge in [0.25, 0.3) is 0 Å². The van der Waals surface area contributed by atoms with Crippen molar-refractivity contribution in [2.45, 2.75) is 66.7 Å². The highest BCUT2D eigenvalue weighted by molar-refractivity contribution is 6.34. The van der Waals surface area contributed by atoms with Gasteiger partial charge in [-0.2, -0.15) is 10.2 Å². The number of fused-ring (bicyclic) bond motifs is 2. The van der Waals surface area contributed by atoms with Crippen molar-refractivity contribution in [3.8, 4) is 0 Å². The summed E-state index contributed by atoms with van der Waals surface area (Å²) in [7, 11) is 3.75. The van der Waals surface area contributed by atoms with Crippen LogP contribution in [-0.4, -0.2) is 38.6 Å². The molecule has 0 saturated carbocycles. The van der Waals surface area contributed by atoms with E-state index in [1.165, 1.54) is 11.1 Å². The van der Waals surface area contributed by atoms with Crippen LogP contribution in [0.25, 0.3) is 0 Å². The first-order chi connectivity index (χ1) is 20.9. The predicted octanol–water partition coefficient (Wildman–Crippen LogP) is 7.48. The zero-order valence-corrected chi connectivity index (χ0v) is 28.2. The Morgan fingerprint density at radius 3 is 1.80 bits per heavy atom. The Balaban J connectivity index is 0.000000177. The number of carbonyl (C=O) groups is 1. The van der Waals surface area contributed by atoms with Gasteiger partial charge >= 0.3 is 0 Å². The Labute approximate surface area is 269 Å². The predicted molar refractivity (Wildman–Crippen MR) is 182 cm³/mol. The first-order valence-electron chi connectivity index (χ1n) is 15.2. The SMILES string of the molecule is CCC(=O)Nc1c2c(nn1C)N(c1c(C)cc(C)cc1Cl)CCC2.Cc1cc(C)c(N2CCCc3c2nn(C)c3N)c(Cl)c1. The van der Waals surface area contributed by atoms with Gasteiger partial charge in [-0.05, 0) is 87.8 Å². The molecular weight excluding hydrogens is 595 g/mol. The highest BCUT2D eigenvalue weighted by atomic mass is 35.5. The van der Waals surface area contributed by atoms with Crippen LogP contribution in [0.3, 0.4) is 0 Å². The van der Waals surface area contributed by atoms with Crippen LogP contribution in [0.4, 0.5) is 34.6 Å². The molecule has 2 aliphatic heterocycles. The summed E-state index contributed by atoms with van der Waals surface area (Å²) in [6.07, 6.45) is 4.39. The number of hydrogen-bond acceptors (Lipinski definition) is 6. The topological polar surface area (TPSA) is 97.2 Å². The van der Waals surface area contributed by atoms with E-state index in [1.807, 2.05) is 40.1 Å². The number of nitrogens with one attached hydrogen (secondary N) is 1. The zero-order chi connectivity index (χ0) is 31.9. The van der Waals surface area contributed by atoms with E-state index < -0.39 is 0 Å². The number of benzene rings is 2. The molecule has 2 aromatic carbocycles. The molecule has 44 heavy (non-hydrogen) atoms. The first kappa shape index (κ1) is 31.7. The van der Waals surface area contributed by atoms with Gasteiger partial charge in [0.15, 0.2) is 11.6 Å². The number of anilines is 6. The highest BCUT2D eigenvalue weighted by Gasteiger charge is 2.29. The van der Waals surface area contributed by atoms with Gasteiger partial charge < -0.3 is 20.9 Å². The summed E-state index contributed by atoms with van der Waals surface area (Å²) in [5, 5.41) is 13.7. The zero-order valence-electron chi connectivity index (χ0n) is 26.7. The molecule has 11 heteroatoms. The maximum Gasteiger partial charge on any atom is 0.225 e. The molecule has 0 aliphatic carbocycles. The second-order valence-electron chi connectivity index (χ2n) is 11.8. The standard InChI is InChI=1S/C18H23ClN4O.C15H19ClN4/c1-5-15(24)20-17-13-7-6-8-23(18(13)21-22(17)4)16-12(3)9-11(2)10-14(16)19;1-9-7-10(2)13(12(16)8-9)20-6-4-5-11-14(17)19(3)18-15(11)20/h9-10H,5-8H2,1-4H3,(H,20,24);7-8H,4-6,17H2,1-3H3. The number of aromatic nitrogens is 4. The van der Waals surface area contributed by atoms with Crippen LogP contribution in [0.5, 0.6) is 0 Å². The van der Waals surface area contributed by atoms with Crippen molar-refractivity contribution in [1.82, 2.24) is 19.6 Å². The summed E-state index contributed by atoms with van der Waals surface area (Å²) in [4.78, 5) is 16.2. The van der Waals surface area contributed by atoms with Crippen LogP contribution in [0.15, 0.2) is 24.3 Å². The van der Waals surface area contributed by atoms with Gasteiger partial charge in [-0.15, -0.1) is 0 Å². The number of nitrogens with two attached hydrogens (primary N) is 1. The van der Waals surface area contributed by atoms with E-state index in [1.54, 1.807) is 9.36 Å². The summed E-state index contributed by atoms with van der Waals surface area (Å²) in [5.41, 5.74) is 15.0. The highest BCUT2D eigenvalue weighted by Crippen LogP contribution is 2.42. The molecule has 1 amide bonds. The van der Waals surface area contributed by atoms with Gasteiger partial charge in [0.2, 0.25) is 5.91 Å². The fourth-order valence-electron chi connectivity index (χ4n) is 6.38. The first-order valence-corrected chi connectivity index (χ1v) is 15.9. The van der Waals surface area contributed by atoms with E-state index in [2.05, 4.69) is 58.2 Å². The van der Waals surface area contributed by atoms with Crippen molar-refractivity contribution in [3.63, 3.8) is 0 Å². The number of carbonyl (C=O) groups excluding carboxylic acids is 1. The average Bonchev–Trinajstić information content (AvgIpc) is 3.43. The number of aryl methyl sites for hydroxylation is 6. The third-order valence-corrected chi connectivity index (χ3v) is 8.92. The lowest BCUT2D eigenvalue weighted by molar-refractivity contribution is -0.115. The lowest BCUT2D eigenvalue weighted by atomic mass is 10.0. The van der Waals surface area contributed by atoms with E-state index in [-0.39, 0.29) is 5.91 Å². The molecule has 0 saturated heterocycles. The van der Waals surface area contributed by atoms with Crippen LogP contribution >= 0.6 is 23.2 Å². The lowest BCUT2D eigenvalue weighted by Crippen LogP contribution is -2.26. The van der Waals surface area contributed by atoms with Crippen molar-refractivity contribution in [2.24, 2.45) is 14.1 Å². The molecule has 2 aliphatic rings. The minimum Gasteiger partial charge on any atom is -0.384 e.